The van der Waals surface area contributed by atoms with Gasteiger partial charge >= 0.3 is 5.92 Å². The molecule has 0 spiro atoms. The van der Waals surface area contributed by atoms with Gasteiger partial charge in [0.2, 0.25) is 5.91 Å². The van der Waals surface area contributed by atoms with Gasteiger partial charge in [-0.3, -0.25) is 9.48 Å². The van der Waals surface area contributed by atoms with E-state index in [-0.39, 0.29) is 5.91 Å². The molecule has 30 heavy (non-hydrogen) atoms. The van der Waals surface area contributed by atoms with Crippen molar-refractivity contribution in [3.8, 4) is 16.9 Å². The summed E-state index contributed by atoms with van der Waals surface area (Å²) in [5.41, 5.74) is 2.88. The summed E-state index contributed by atoms with van der Waals surface area (Å²) in [5.74, 6) is -3.63. The number of pyridine rings is 1. The lowest BCUT2D eigenvalue weighted by atomic mass is 10.1. The zero-order valence-corrected chi connectivity index (χ0v) is 16.8. The molecule has 0 unspecified atom stereocenters. The normalized spacial score (nSPS) is 11.8. The maximum Gasteiger partial charge on any atom is 0.303 e. The van der Waals surface area contributed by atoms with Crippen LogP contribution in [0.4, 0.5) is 14.6 Å². The summed E-state index contributed by atoms with van der Waals surface area (Å²) in [6.07, 6.45) is 6.91. The van der Waals surface area contributed by atoms with Crippen molar-refractivity contribution in [1.29, 1.82) is 0 Å². The highest BCUT2D eigenvalue weighted by Crippen LogP contribution is 2.34. The number of hydrogen-bond donors (Lipinski definition) is 1. The highest BCUT2D eigenvalue weighted by atomic mass is 19.3. The van der Waals surface area contributed by atoms with E-state index in [1.165, 1.54) is 6.92 Å². The molecule has 4 rings (SSSR count). The predicted molar refractivity (Wildman–Crippen MR) is 107 cm³/mol. The highest BCUT2D eigenvalue weighted by molar-refractivity contribution is 5.99. The third-order valence-corrected chi connectivity index (χ3v) is 4.49. The van der Waals surface area contributed by atoms with E-state index in [1.54, 1.807) is 49.4 Å². The van der Waals surface area contributed by atoms with E-state index in [4.69, 9.17) is 0 Å². The Labute approximate surface area is 170 Å². The van der Waals surface area contributed by atoms with Crippen LogP contribution in [0.25, 0.3) is 27.8 Å². The van der Waals surface area contributed by atoms with E-state index in [0.717, 1.165) is 12.6 Å². The number of amides is 1. The lowest BCUT2D eigenvalue weighted by Gasteiger charge is -2.11. The molecule has 4 aromatic heterocycles. The number of alkyl halides is 2. The van der Waals surface area contributed by atoms with Gasteiger partial charge < -0.3 is 9.88 Å². The van der Waals surface area contributed by atoms with E-state index in [2.05, 4.69) is 25.4 Å². The van der Waals surface area contributed by atoms with Gasteiger partial charge in [-0.1, -0.05) is 0 Å². The van der Waals surface area contributed by atoms with Crippen LogP contribution in [-0.4, -0.2) is 35.2 Å². The Balaban J connectivity index is 1.99. The van der Waals surface area contributed by atoms with Crippen molar-refractivity contribution < 1.29 is 13.6 Å². The molecule has 8 nitrogen and oxygen atoms in total. The highest BCUT2D eigenvalue weighted by Gasteiger charge is 2.29. The molecule has 1 amide bonds. The summed E-state index contributed by atoms with van der Waals surface area (Å²) in [7, 11) is 1.80. The average molecular weight is 411 g/mol. The number of nitrogens with one attached hydrogen (secondary N) is 1. The number of fused-ring (bicyclic) bond motifs is 1. The van der Waals surface area contributed by atoms with Gasteiger partial charge in [-0.15, -0.1) is 0 Å². The van der Waals surface area contributed by atoms with Gasteiger partial charge in [0.05, 0.1) is 29.3 Å². The van der Waals surface area contributed by atoms with E-state index >= 15 is 0 Å². The number of anilines is 1. The van der Waals surface area contributed by atoms with E-state index in [9.17, 15) is 13.6 Å². The third-order valence-electron chi connectivity index (χ3n) is 4.49. The summed E-state index contributed by atoms with van der Waals surface area (Å²) >= 11 is 0. The minimum atomic E-state index is -3.18. The molecule has 0 atom stereocenters. The Hall–Kier alpha value is -3.69. The SMILES string of the molecule is CC(=O)Nc1cc2c(-c3cc(C)nc(C(C)(F)F)n3)cn(-c3cnn(C)c3)c2cn1. The van der Waals surface area contributed by atoms with Crippen LogP contribution in [0.3, 0.4) is 0 Å². The second-order valence-corrected chi connectivity index (χ2v) is 7.16. The van der Waals surface area contributed by atoms with Gasteiger partial charge in [0.25, 0.3) is 0 Å². The van der Waals surface area contributed by atoms with Crippen LogP contribution >= 0.6 is 0 Å². The minimum absolute atomic E-state index is 0.263. The fraction of sp³-hybridized carbons (Fsp3) is 0.250. The fourth-order valence-corrected chi connectivity index (χ4v) is 3.23. The number of aromatic nitrogens is 6. The maximum absolute atomic E-state index is 13.9. The quantitative estimate of drug-likeness (QED) is 0.554. The Bertz CT molecular complexity index is 1270. The summed E-state index contributed by atoms with van der Waals surface area (Å²) in [6, 6.07) is 3.34. The van der Waals surface area contributed by atoms with Crippen molar-refractivity contribution in [1.82, 2.24) is 29.3 Å². The van der Waals surface area contributed by atoms with Crippen molar-refractivity contribution in [2.24, 2.45) is 7.05 Å². The zero-order valence-electron chi connectivity index (χ0n) is 16.8. The van der Waals surface area contributed by atoms with Crippen molar-refractivity contribution in [3.05, 3.63) is 48.4 Å². The van der Waals surface area contributed by atoms with Crippen molar-refractivity contribution in [3.63, 3.8) is 0 Å². The van der Waals surface area contributed by atoms with Crippen molar-refractivity contribution in [2.75, 3.05) is 5.32 Å². The zero-order chi connectivity index (χ0) is 21.6. The van der Waals surface area contributed by atoms with Crippen LogP contribution in [0.5, 0.6) is 0 Å². The average Bonchev–Trinajstić information content (AvgIpc) is 3.23. The smallest absolute Gasteiger partial charge is 0.303 e. The van der Waals surface area contributed by atoms with Gasteiger partial charge in [0.1, 0.15) is 5.82 Å². The summed E-state index contributed by atoms with van der Waals surface area (Å²) in [5, 5.41) is 7.54. The predicted octanol–water partition coefficient (Wildman–Crippen LogP) is 3.59. The molecular formula is C20H19F2N7O. The fourth-order valence-electron chi connectivity index (χ4n) is 3.23. The Kier molecular flexibility index (Phi) is 4.56. The number of aryl methyl sites for hydroxylation is 2. The Morgan fingerprint density at radius 3 is 2.57 bits per heavy atom. The molecule has 0 saturated heterocycles. The molecule has 154 valence electrons. The lowest BCUT2D eigenvalue weighted by Crippen LogP contribution is -2.13. The number of hydrogen-bond acceptors (Lipinski definition) is 5. The molecule has 0 fully saturated rings. The first kappa shape index (κ1) is 19.6. The Morgan fingerprint density at radius 2 is 1.93 bits per heavy atom. The number of nitrogens with zero attached hydrogens (tertiary/aromatic N) is 6. The molecule has 0 bridgehead atoms. The van der Waals surface area contributed by atoms with Crippen LogP contribution in [0, 0.1) is 6.92 Å². The molecule has 0 aliphatic heterocycles. The van der Waals surface area contributed by atoms with Crippen LogP contribution in [0.2, 0.25) is 0 Å². The van der Waals surface area contributed by atoms with Crippen LogP contribution in [0.1, 0.15) is 25.4 Å². The third kappa shape index (κ3) is 3.63. The van der Waals surface area contributed by atoms with Gasteiger partial charge in [-0.05, 0) is 19.1 Å². The molecule has 0 aliphatic rings. The van der Waals surface area contributed by atoms with Gasteiger partial charge in [-0.2, -0.15) is 13.9 Å². The summed E-state index contributed by atoms with van der Waals surface area (Å²) in [4.78, 5) is 23.8. The van der Waals surface area contributed by atoms with E-state index < -0.39 is 11.7 Å². The second-order valence-electron chi connectivity index (χ2n) is 7.16. The second kappa shape index (κ2) is 6.97. The van der Waals surface area contributed by atoms with Gasteiger partial charge in [-0.25, -0.2) is 15.0 Å². The molecule has 4 aromatic rings. The molecule has 1 N–H and O–H groups in total. The lowest BCUT2D eigenvalue weighted by molar-refractivity contribution is -0.114. The first-order valence-corrected chi connectivity index (χ1v) is 9.14. The van der Waals surface area contributed by atoms with Crippen molar-refractivity contribution >= 4 is 22.6 Å². The molecular weight excluding hydrogens is 392 g/mol. The van der Waals surface area contributed by atoms with Gasteiger partial charge in [0, 0.05) is 49.9 Å². The summed E-state index contributed by atoms with van der Waals surface area (Å²) < 4.78 is 31.4. The van der Waals surface area contributed by atoms with Crippen molar-refractivity contribution in [2.45, 2.75) is 26.7 Å². The van der Waals surface area contributed by atoms with E-state index in [0.29, 0.717) is 33.7 Å². The topological polar surface area (TPSA) is 90.5 Å². The molecule has 0 aromatic carbocycles. The molecule has 10 heteroatoms. The standard InChI is InChI=1S/C20H19F2N7O/c1-11-5-16(27-19(25-11)20(3,21)22)15-10-29(13-7-24-28(4)9-13)17-8-23-18(6-14(15)17)26-12(2)30/h5-10H,1-4H3,(H,23,26,30). The number of carbonyl (C=O) groups excluding carboxylic acids is 1. The Morgan fingerprint density at radius 1 is 1.17 bits per heavy atom. The first-order chi connectivity index (χ1) is 14.1. The number of rotatable bonds is 4. The number of carbonyl (C=O) groups is 1. The molecule has 0 saturated carbocycles. The van der Waals surface area contributed by atoms with E-state index in [1.807, 2.05) is 10.8 Å². The van der Waals surface area contributed by atoms with Gasteiger partial charge in [0.15, 0.2) is 5.82 Å². The maximum atomic E-state index is 13.9. The molecule has 4 heterocycles. The first-order valence-electron chi connectivity index (χ1n) is 9.14. The minimum Gasteiger partial charge on any atom is -0.311 e. The van der Waals surface area contributed by atoms with Crippen LogP contribution in [0.15, 0.2) is 36.9 Å². The molecule has 0 aliphatic carbocycles. The van der Waals surface area contributed by atoms with Crippen LogP contribution < -0.4 is 5.32 Å². The van der Waals surface area contributed by atoms with Crippen LogP contribution in [-0.2, 0) is 17.8 Å². The monoisotopic (exact) mass is 411 g/mol. The largest absolute Gasteiger partial charge is 0.311 e. The molecule has 0 radical (unpaired) electrons. The summed E-state index contributed by atoms with van der Waals surface area (Å²) in [6.45, 7) is 3.80. The number of halogens is 2.